The molecule has 0 bridgehead atoms. The maximum atomic E-state index is 12.4. The van der Waals surface area contributed by atoms with Crippen LogP contribution >= 0.6 is 0 Å². The Morgan fingerprint density at radius 1 is 0.949 bits per heavy atom. The molecule has 4 N–H and O–H groups in total. The minimum atomic E-state index is -0.581. The number of benzene rings is 3. The molecular weight excluding hydrogens is 494 g/mol. The van der Waals surface area contributed by atoms with E-state index < -0.39 is 6.29 Å². The second kappa shape index (κ2) is 12.7. The van der Waals surface area contributed by atoms with E-state index in [0.29, 0.717) is 25.3 Å². The number of β-amino-alcohol motifs (C(OH)–C–C–N with tert-alkyl or cyclic N) is 1. The summed E-state index contributed by atoms with van der Waals surface area (Å²) in [6, 6.07) is 24.9. The normalized spacial score (nSPS) is 25.4. The number of likely N-dealkylation sites (tertiary alicyclic amines) is 1. The number of aliphatic hydroxyl groups excluding tert-OH is 2. The van der Waals surface area contributed by atoms with E-state index >= 15 is 0 Å². The van der Waals surface area contributed by atoms with Gasteiger partial charge in [-0.2, -0.15) is 0 Å². The number of aliphatic hydroxyl groups is 2. The highest BCUT2D eigenvalue weighted by atomic mass is 16.7. The molecule has 2 heterocycles. The van der Waals surface area contributed by atoms with Crippen LogP contribution in [0.1, 0.15) is 48.0 Å². The number of rotatable bonds is 8. The summed E-state index contributed by atoms with van der Waals surface area (Å²) in [5.41, 5.74) is 4.46. The molecule has 0 saturated carbocycles. The van der Waals surface area contributed by atoms with Gasteiger partial charge in [-0.15, -0.1) is 0 Å². The van der Waals surface area contributed by atoms with Crippen molar-refractivity contribution in [2.24, 2.45) is 5.92 Å². The lowest BCUT2D eigenvalue weighted by Crippen LogP contribution is -2.44. The summed E-state index contributed by atoms with van der Waals surface area (Å²) >= 11 is 0. The third-order valence-electron chi connectivity index (χ3n) is 7.55. The Balaban J connectivity index is 1.27. The minimum absolute atomic E-state index is 0.00231. The van der Waals surface area contributed by atoms with Crippen molar-refractivity contribution in [2.45, 2.75) is 51.1 Å². The fraction of sp³-hybridized carbons (Fsp3) is 0.387. The molecule has 3 aromatic carbocycles. The third kappa shape index (κ3) is 7.03. The average molecular weight is 532 g/mol. The van der Waals surface area contributed by atoms with Crippen LogP contribution in [0.5, 0.6) is 0 Å². The SMILES string of the molecule is C[C@@H]1[C@H](CN2CC[C@H](O)C2)O[C@H](c2ccc(NC(=O)NCc3ccccc3)cc2)O[C@@H]1c1ccc(CO)cc1. The van der Waals surface area contributed by atoms with Gasteiger partial charge >= 0.3 is 6.03 Å². The molecule has 2 amide bonds. The Kier molecular flexibility index (Phi) is 8.91. The summed E-state index contributed by atoms with van der Waals surface area (Å²) in [6.07, 6.45) is -0.390. The van der Waals surface area contributed by atoms with Crippen molar-refractivity contribution in [1.82, 2.24) is 10.2 Å². The van der Waals surface area contributed by atoms with Crippen molar-refractivity contribution in [3.8, 4) is 0 Å². The zero-order valence-electron chi connectivity index (χ0n) is 22.2. The Bertz CT molecular complexity index is 1210. The fourth-order valence-electron chi connectivity index (χ4n) is 5.24. The number of carbonyl (C=O) groups excluding carboxylic acids is 1. The Labute approximate surface area is 229 Å². The van der Waals surface area contributed by atoms with Crippen molar-refractivity contribution in [1.29, 1.82) is 0 Å². The zero-order chi connectivity index (χ0) is 27.2. The van der Waals surface area contributed by atoms with E-state index in [1.807, 2.05) is 78.9 Å². The molecule has 0 unspecified atom stereocenters. The summed E-state index contributed by atoms with van der Waals surface area (Å²) in [5, 5.41) is 25.2. The van der Waals surface area contributed by atoms with Gasteiger partial charge in [0.25, 0.3) is 0 Å². The standard InChI is InChI=1S/C31H37N3O5/c1-21-28(19-34-16-15-27(36)18-34)38-30(39-29(21)24-9-7-23(20-35)8-10-24)25-11-13-26(14-12-25)33-31(37)32-17-22-5-3-2-4-6-22/h2-14,21,27-30,35-36H,15-20H2,1H3,(H2,32,33,37)/t21-,27+,28+,29+,30+/m1/s1. The number of amides is 2. The van der Waals surface area contributed by atoms with Gasteiger partial charge < -0.3 is 30.3 Å². The molecular formula is C31H37N3O5. The van der Waals surface area contributed by atoms with Crippen LogP contribution in [0.4, 0.5) is 10.5 Å². The lowest BCUT2D eigenvalue weighted by molar-refractivity contribution is -0.276. The average Bonchev–Trinajstić information content (AvgIpc) is 3.38. The summed E-state index contributed by atoms with van der Waals surface area (Å²) in [6.45, 7) is 4.80. The van der Waals surface area contributed by atoms with Crippen molar-refractivity contribution in [3.63, 3.8) is 0 Å². The van der Waals surface area contributed by atoms with Gasteiger partial charge in [0.05, 0.1) is 24.9 Å². The fourth-order valence-corrected chi connectivity index (χ4v) is 5.24. The molecule has 0 aromatic heterocycles. The van der Waals surface area contributed by atoms with Crippen LogP contribution in [0.25, 0.3) is 0 Å². The molecule has 39 heavy (non-hydrogen) atoms. The monoisotopic (exact) mass is 531 g/mol. The van der Waals surface area contributed by atoms with Gasteiger partial charge in [-0.1, -0.05) is 73.7 Å². The summed E-state index contributed by atoms with van der Waals surface area (Å²) in [7, 11) is 0. The quantitative estimate of drug-likeness (QED) is 0.345. The number of carbonyl (C=O) groups is 1. The first-order valence-electron chi connectivity index (χ1n) is 13.6. The van der Waals surface area contributed by atoms with E-state index in [1.54, 1.807) is 0 Å². The number of nitrogens with zero attached hydrogens (tertiary/aromatic N) is 1. The van der Waals surface area contributed by atoms with Crippen LogP contribution in [-0.4, -0.2) is 53.0 Å². The van der Waals surface area contributed by atoms with Crippen LogP contribution in [0.3, 0.4) is 0 Å². The van der Waals surface area contributed by atoms with Crippen LogP contribution in [0.2, 0.25) is 0 Å². The van der Waals surface area contributed by atoms with Crippen molar-refractivity contribution in [2.75, 3.05) is 25.0 Å². The van der Waals surface area contributed by atoms with Gasteiger partial charge in [-0.05, 0) is 35.2 Å². The van der Waals surface area contributed by atoms with Crippen molar-refractivity contribution in [3.05, 3.63) is 101 Å². The molecule has 3 aromatic rings. The Morgan fingerprint density at radius 3 is 2.33 bits per heavy atom. The molecule has 8 heteroatoms. The van der Waals surface area contributed by atoms with E-state index in [4.69, 9.17) is 9.47 Å². The predicted octanol–water partition coefficient (Wildman–Crippen LogP) is 4.36. The number of hydrogen-bond acceptors (Lipinski definition) is 6. The molecule has 5 rings (SSSR count). The van der Waals surface area contributed by atoms with E-state index in [-0.39, 0.29) is 36.9 Å². The third-order valence-corrected chi connectivity index (χ3v) is 7.55. The minimum Gasteiger partial charge on any atom is -0.392 e. The number of hydrogen-bond donors (Lipinski definition) is 4. The molecule has 2 saturated heterocycles. The van der Waals surface area contributed by atoms with Gasteiger partial charge in [0.15, 0.2) is 6.29 Å². The molecule has 2 fully saturated rings. The molecule has 5 atom stereocenters. The van der Waals surface area contributed by atoms with Crippen molar-refractivity contribution >= 4 is 11.7 Å². The summed E-state index contributed by atoms with van der Waals surface area (Å²) in [5.74, 6) is 0.0771. The second-order valence-corrected chi connectivity index (χ2v) is 10.4. The van der Waals surface area contributed by atoms with Gasteiger partial charge in [-0.25, -0.2) is 4.79 Å². The Hall–Kier alpha value is -3.27. The van der Waals surface area contributed by atoms with Crippen LogP contribution < -0.4 is 10.6 Å². The van der Waals surface area contributed by atoms with Crippen molar-refractivity contribution < 1.29 is 24.5 Å². The smallest absolute Gasteiger partial charge is 0.319 e. The van der Waals surface area contributed by atoms with Gasteiger partial charge in [0.1, 0.15) is 0 Å². The lowest BCUT2D eigenvalue weighted by atomic mass is 9.90. The molecule has 0 radical (unpaired) electrons. The topological polar surface area (TPSA) is 103 Å². The molecule has 8 nitrogen and oxygen atoms in total. The summed E-state index contributed by atoms with van der Waals surface area (Å²) in [4.78, 5) is 14.6. The first-order valence-corrected chi connectivity index (χ1v) is 13.6. The molecule has 206 valence electrons. The van der Waals surface area contributed by atoms with E-state index in [9.17, 15) is 15.0 Å². The van der Waals surface area contributed by atoms with Gasteiger partial charge in [-0.3, -0.25) is 4.90 Å². The number of urea groups is 1. The van der Waals surface area contributed by atoms with Gasteiger partial charge in [0, 0.05) is 43.3 Å². The van der Waals surface area contributed by atoms with E-state index in [0.717, 1.165) is 35.2 Å². The first-order chi connectivity index (χ1) is 19.0. The molecule has 0 aliphatic carbocycles. The summed E-state index contributed by atoms with van der Waals surface area (Å²) < 4.78 is 13.0. The lowest BCUT2D eigenvalue weighted by Gasteiger charge is -2.42. The second-order valence-electron chi connectivity index (χ2n) is 10.4. The number of ether oxygens (including phenoxy) is 2. The van der Waals surface area contributed by atoms with E-state index in [2.05, 4.69) is 22.5 Å². The molecule has 0 spiro atoms. The highest BCUT2D eigenvalue weighted by Crippen LogP contribution is 2.42. The first kappa shape index (κ1) is 27.3. The highest BCUT2D eigenvalue weighted by molar-refractivity contribution is 5.89. The Morgan fingerprint density at radius 2 is 1.67 bits per heavy atom. The van der Waals surface area contributed by atoms with Crippen LogP contribution in [0.15, 0.2) is 78.9 Å². The number of anilines is 1. The van der Waals surface area contributed by atoms with Crippen LogP contribution in [0, 0.1) is 5.92 Å². The molecule has 2 aliphatic rings. The maximum Gasteiger partial charge on any atom is 0.319 e. The van der Waals surface area contributed by atoms with Gasteiger partial charge in [0.2, 0.25) is 0 Å². The predicted molar refractivity (Wildman–Crippen MR) is 149 cm³/mol. The largest absolute Gasteiger partial charge is 0.392 e. The van der Waals surface area contributed by atoms with Crippen LogP contribution in [-0.2, 0) is 22.6 Å². The maximum absolute atomic E-state index is 12.4. The highest BCUT2D eigenvalue weighted by Gasteiger charge is 2.39. The molecule has 2 aliphatic heterocycles. The van der Waals surface area contributed by atoms with E-state index in [1.165, 1.54) is 0 Å². The zero-order valence-corrected chi connectivity index (χ0v) is 22.2. The number of nitrogens with one attached hydrogen (secondary N) is 2.